The summed E-state index contributed by atoms with van der Waals surface area (Å²) in [5.74, 6) is -2.76. The van der Waals surface area contributed by atoms with Gasteiger partial charge in [-0.25, -0.2) is 9.31 Å². The summed E-state index contributed by atoms with van der Waals surface area (Å²) in [7, 11) is 4.14. The number of nitrogens with zero attached hydrogens (tertiary/aromatic N) is 7. The number of fused-ring (bicyclic) bond motifs is 1. The molecule has 0 aromatic carbocycles. The van der Waals surface area contributed by atoms with Crippen molar-refractivity contribution >= 4 is 22.8 Å². The average molecular weight is 508 g/mol. The minimum absolute atomic E-state index is 0.231. The molecule has 13 heteroatoms. The predicted octanol–water partition coefficient (Wildman–Crippen LogP) is 3.31. The van der Waals surface area contributed by atoms with Gasteiger partial charge in [0.1, 0.15) is 5.69 Å². The minimum Gasteiger partial charge on any atom is -0.475 e. The number of carboxylic acids is 1. The third-order valence-corrected chi connectivity index (χ3v) is 6.43. The van der Waals surface area contributed by atoms with Gasteiger partial charge in [0.25, 0.3) is 0 Å². The van der Waals surface area contributed by atoms with E-state index in [-0.39, 0.29) is 6.04 Å². The second-order valence-corrected chi connectivity index (χ2v) is 9.07. The number of pyridine rings is 1. The summed E-state index contributed by atoms with van der Waals surface area (Å²) in [6.45, 7) is 3.91. The van der Waals surface area contributed by atoms with Crippen molar-refractivity contribution in [2.24, 2.45) is 7.05 Å². The van der Waals surface area contributed by atoms with Crippen LogP contribution in [0, 0.1) is 0 Å². The summed E-state index contributed by atoms with van der Waals surface area (Å²) in [4.78, 5) is 13.8. The lowest BCUT2D eigenvalue weighted by Gasteiger charge is -2.38. The van der Waals surface area contributed by atoms with Crippen molar-refractivity contribution in [3.05, 3.63) is 58.8 Å². The normalized spacial score (nSPS) is 17.3. The van der Waals surface area contributed by atoms with E-state index < -0.39 is 12.1 Å². The molecule has 0 amide bonds. The summed E-state index contributed by atoms with van der Waals surface area (Å²) in [5, 5.41) is 24.7. The number of rotatable bonds is 4. The highest BCUT2D eigenvalue weighted by Gasteiger charge is 2.38. The second kappa shape index (κ2) is 10.1. The van der Waals surface area contributed by atoms with E-state index in [1.807, 2.05) is 22.4 Å². The first-order chi connectivity index (χ1) is 16.6. The van der Waals surface area contributed by atoms with Gasteiger partial charge in [0.2, 0.25) is 0 Å². The molecule has 0 aliphatic carbocycles. The third-order valence-electron chi connectivity index (χ3n) is 5.75. The van der Waals surface area contributed by atoms with E-state index in [1.54, 1.807) is 11.3 Å². The molecule has 4 aromatic heterocycles. The van der Waals surface area contributed by atoms with Crippen molar-refractivity contribution in [3.8, 4) is 11.1 Å². The molecule has 1 saturated heterocycles. The Morgan fingerprint density at radius 2 is 1.94 bits per heavy atom. The number of hydrogen-bond acceptors (Lipinski definition) is 7. The molecule has 1 unspecified atom stereocenters. The monoisotopic (exact) mass is 507 g/mol. The number of aromatic nitrogens is 5. The number of aliphatic carboxylic acids is 1. The maximum absolute atomic E-state index is 10.6. The minimum atomic E-state index is -5.08. The van der Waals surface area contributed by atoms with Gasteiger partial charge < -0.3 is 5.11 Å². The van der Waals surface area contributed by atoms with Crippen LogP contribution in [0.5, 0.6) is 0 Å². The van der Waals surface area contributed by atoms with Gasteiger partial charge in [-0.1, -0.05) is 11.3 Å². The average Bonchev–Trinajstić information content (AvgIpc) is 3.56. The van der Waals surface area contributed by atoms with Gasteiger partial charge in [0.15, 0.2) is 0 Å². The molecular formula is C22H24F3N7O2S. The highest BCUT2D eigenvalue weighted by Crippen LogP contribution is 2.28. The summed E-state index contributed by atoms with van der Waals surface area (Å²) >= 11 is 1.71. The molecule has 0 radical (unpaired) electrons. The van der Waals surface area contributed by atoms with Gasteiger partial charge in [0.05, 0.1) is 17.8 Å². The zero-order valence-electron chi connectivity index (χ0n) is 19.1. The van der Waals surface area contributed by atoms with Crippen LogP contribution in [0.1, 0.15) is 17.3 Å². The van der Waals surface area contributed by atoms with E-state index in [2.05, 4.69) is 73.6 Å². The van der Waals surface area contributed by atoms with E-state index in [0.29, 0.717) is 0 Å². The van der Waals surface area contributed by atoms with E-state index in [0.717, 1.165) is 37.4 Å². The summed E-state index contributed by atoms with van der Waals surface area (Å²) in [5.41, 5.74) is 5.77. The fraction of sp³-hybridized carbons (Fsp3) is 0.364. The zero-order valence-corrected chi connectivity index (χ0v) is 19.9. The molecule has 0 saturated carbocycles. The Kier molecular flexibility index (Phi) is 7.19. The van der Waals surface area contributed by atoms with Crippen LogP contribution in [0.15, 0.2) is 47.5 Å². The number of alkyl halides is 3. The molecule has 0 bridgehead atoms. The highest BCUT2D eigenvalue weighted by atomic mass is 32.1. The van der Waals surface area contributed by atoms with E-state index in [4.69, 9.17) is 9.90 Å². The Morgan fingerprint density at radius 3 is 2.57 bits per heavy atom. The van der Waals surface area contributed by atoms with Gasteiger partial charge in [0, 0.05) is 56.7 Å². The van der Waals surface area contributed by atoms with E-state index in [1.165, 1.54) is 16.7 Å². The van der Waals surface area contributed by atoms with Crippen molar-refractivity contribution in [3.63, 3.8) is 0 Å². The molecule has 35 heavy (non-hydrogen) atoms. The van der Waals surface area contributed by atoms with Crippen LogP contribution >= 0.6 is 11.3 Å². The molecule has 1 aliphatic rings. The molecule has 5 heterocycles. The lowest BCUT2D eigenvalue weighted by atomic mass is 10.1. The molecule has 1 fully saturated rings. The fourth-order valence-electron chi connectivity index (χ4n) is 3.93. The first kappa shape index (κ1) is 24.8. The molecule has 0 spiro atoms. The lowest BCUT2D eigenvalue weighted by Crippen LogP contribution is -2.46. The van der Waals surface area contributed by atoms with Gasteiger partial charge >= 0.3 is 12.1 Å². The Balaban J connectivity index is 0.000000364. The Labute approximate surface area is 203 Å². The Bertz CT molecular complexity index is 1290. The molecule has 1 N–H and O–H groups in total. The molecule has 1 aliphatic heterocycles. The zero-order chi connectivity index (χ0) is 25.2. The van der Waals surface area contributed by atoms with Crippen molar-refractivity contribution in [1.82, 2.24) is 34.4 Å². The van der Waals surface area contributed by atoms with Crippen molar-refractivity contribution in [2.45, 2.75) is 18.8 Å². The lowest BCUT2D eigenvalue weighted by molar-refractivity contribution is -0.192. The molecule has 186 valence electrons. The van der Waals surface area contributed by atoms with Crippen LogP contribution in [0.3, 0.4) is 0 Å². The van der Waals surface area contributed by atoms with Crippen LogP contribution in [-0.2, 0) is 18.4 Å². The first-order valence-corrected chi connectivity index (χ1v) is 11.6. The summed E-state index contributed by atoms with van der Waals surface area (Å²) in [6.07, 6.45) is 1.03. The number of hydrogen-bond donors (Lipinski definition) is 1. The second-order valence-electron chi connectivity index (χ2n) is 8.29. The number of piperazine rings is 1. The van der Waals surface area contributed by atoms with Crippen LogP contribution in [0.25, 0.3) is 16.6 Å². The standard InChI is InChI=1S/C20H23N7S.C2HF3O2/c1-24-6-7-26(11-15-9-21-25(2)10-15)13-19(24)20-18-4-3-16(12-27(18)23-22-20)17-5-8-28-14-17;3-2(4,5)1(6)7/h3-5,8-10,12,14,19H,6-7,11,13H2,1-2H3;(H,6,7). The topological polar surface area (TPSA) is 91.8 Å². The quantitative estimate of drug-likeness (QED) is 0.453. The Hall–Kier alpha value is -3.29. The number of carboxylic acid groups (broad SMARTS) is 1. The van der Waals surface area contributed by atoms with Crippen molar-refractivity contribution in [2.75, 3.05) is 26.7 Å². The summed E-state index contributed by atoms with van der Waals surface area (Å²) in [6, 6.07) is 6.68. The van der Waals surface area contributed by atoms with Crippen LogP contribution in [-0.4, -0.2) is 78.3 Å². The highest BCUT2D eigenvalue weighted by molar-refractivity contribution is 7.08. The smallest absolute Gasteiger partial charge is 0.475 e. The fourth-order valence-corrected chi connectivity index (χ4v) is 4.60. The Morgan fingerprint density at radius 1 is 1.17 bits per heavy atom. The van der Waals surface area contributed by atoms with Crippen molar-refractivity contribution in [1.29, 1.82) is 0 Å². The van der Waals surface area contributed by atoms with Crippen LogP contribution < -0.4 is 0 Å². The third kappa shape index (κ3) is 5.86. The number of aryl methyl sites for hydroxylation is 1. The van der Waals surface area contributed by atoms with Crippen molar-refractivity contribution < 1.29 is 23.1 Å². The van der Waals surface area contributed by atoms with Gasteiger partial charge in [-0.15, -0.1) is 5.10 Å². The number of carbonyl (C=O) groups is 1. The molecular weight excluding hydrogens is 483 g/mol. The predicted molar refractivity (Wildman–Crippen MR) is 124 cm³/mol. The number of thiophene rings is 1. The maximum Gasteiger partial charge on any atom is 0.490 e. The number of likely N-dealkylation sites (N-methyl/N-ethyl adjacent to an activating group) is 1. The van der Waals surface area contributed by atoms with Crippen LogP contribution in [0.4, 0.5) is 13.2 Å². The van der Waals surface area contributed by atoms with E-state index in [9.17, 15) is 13.2 Å². The SMILES string of the molecule is CN1CCN(Cc2cnn(C)c2)CC1c1nnn2cc(-c3ccsc3)ccc12.O=C(O)C(F)(F)F. The first-order valence-electron chi connectivity index (χ1n) is 10.7. The van der Waals surface area contributed by atoms with Gasteiger partial charge in [-0.05, 0) is 35.5 Å². The summed E-state index contributed by atoms with van der Waals surface area (Å²) < 4.78 is 35.5. The van der Waals surface area contributed by atoms with E-state index >= 15 is 0 Å². The van der Waals surface area contributed by atoms with Crippen LogP contribution in [0.2, 0.25) is 0 Å². The molecule has 5 rings (SSSR count). The largest absolute Gasteiger partial charge is 0.490 e. The number of halogens is 3. The molecule has 9 nitrogen and oxygen atoms in total. The molecule has 1 atom stereocenters. The maximum atomic E-state index is 10.6. The molecule has 4 aromatic rings. The van der Waals surface area contributed by atoms with Gasteiger partial charge in [-0.2, -0.15) is 29.6 Å². The van der Waals surface area contributed by atoms with Gasteiger partial charge in [-0.3, -0.25) is 14.5 Å².